The van der Waals surface area contributed by atoms with Crippen LogP contribution in [0.15, 0.2) is 63.3 Å². The summed E-state index contributed by atoms with van der Waals surface area (Å²) < 4.78 is 0. The number of piperazine rings is 1. The maximum absolute atomic E-state index is 9.13. The van der Waals surface area contributed by atoms with Gasteiger partial charge in [0, 0.05) is 48.1 Å². The molecule has 2 aromatic rings. The Morgan fingerprint density at radius 2 is 1.60 bits per heavy atom. The summed E-state index contributed by atoms with van der Waals surface area (Å²) in [4.78, 5) is 12.2. The van der Waals surface area contributed by atoms with Gasteiger partial charge in [-0.3, -0.25) is 4.90 Å². The van der Waals surface area contributed by atoms with Crippen LogP contribution >= 0.6 is 24.2 Å². The van der Waals surface area contributed by atoms with E-state index in [1.54, 1.807) is 11.8 Å². The third-order valence-electron chi connectivity index (χ3n) is 4.53. The van der Waals surface area contributed by atoms with Gasteiger partial charge in [0.05, 0.1) is 12.3 Å². The first kappa shape index (κ1) is 18.3. The third-order valence-corrected chi connectivity index (χ3v) is 5.67. The Hall–Kier alpha value is -1.53. The molecule has 2 aliphatic rings. The molecule has 1 saturated heterocycles. The minimum atomic E-state index is 0. The maximum atomic E-state index is 9.13. The van der Waals surface area contributed by atoms with Gasteiger partial charge in [-0.15, -0.1) is 12.4 Å². The van der Waals surface area contributed by atoms with Gasteiger partial charge in [-0.25, -0.2) is 4.99 Å². The summed E-state index contributed by atoms with van der Waals surface area (Å²) in [5.74, 6) is 1.08. The highest BCUT2D eigenvalue weighted by Gasteiger charge is 2.24. The molecule has 0 radical (unpaired) electrons. The Labute approximate surface area is 159 Å². The van der Waals surface area contributed by atoms with Gasteiger partial charge in [0.15, 0.2) is 0 Å². The number of β-amino-alcohol motifs (C(OH)–C–C–N with tert-alkyl or cyclic N) is 1. The highest BCUT2D eigenvalue weighted by Crippen LogP contribution is 2.40. The van der Waals surface area contributed by atoms with Gasteiger partial charge in [0.25, 0.3) is 0 Å². The molecule has 2 heterocycles. The Kier molecular flexibility index (Phi) is 6.02. The van der Waals surface area contributed by atoms with E-state index >= 15 is 0 Å². The summed E-state index contributed by atoms with van der Waals surface area (Å²) in [5.41, 5.74) is 2.26. The molecule has 0 aromatic heterocycles. The Bertz CT molecular complexity index is 760. The van der Waals surface area contributed by atoms with Gasteiger partial charge < -0.3 is 10.0 Å². The summed E-state index contributed by atoms with van der Waals surface area (Å²) in [6, 6.07) is 16.9. The maximum Gasteiger partial charge on any atom is 0.137 e. The fraction of sp³-hybridized carbons (Fsp3) is 0.316. The number of hydrogen-bond acceptors (Lipinski definition) is 5. The summed E-state index contributed by atoms with van der Waals surface area (Å²) in [6.45, 7) is 4.82. The summed E-state index contributed by atoms with van der Waals surface area (Å²) >= 11 is 1.80. The number of aliphatic hydroxyl groups is 1. The third kappa shape index (κ3) is 3.85. The average molecular weight is 376 g/mol. The molecule has 0 unspecified atom stereocenters. The molecule has 0 saturated carbocycles. The van der Waals surface area contributed by atoms with Crippen molar-refractivity contribution in [2.75, 3.05) is 39.3 Å². The van der Waals surface area contributed by atoms with E-state index < -0.39 is 0 Å². The number of rotatable bonds is 2. The van der Waals surface area contributed by atoms with Gasteiger partial charge >= 0.3 is 0 Å². The van der Waals surface area contributed by atoms with E-state index in [0.717, 1.165) is 44.2 Å². The summed E-state index contributed by atoms with van der Waals surface area (Å²) in [7, 11) is 0. The largest absolute Gasteiger partial charge is 0.395 e. The zero-order chi connectivity index (χ0) is 16.4. The van der Waals surface area contributed by atoms with Crippen molar-refractivity contribution in [2.45, 2.75) is 9.79 Å². The molecule has 1 fully saturated rings. The van der Waals surface area contributed by atoms with Crippen LogP contribution in [0.25, 0.3) is 0 Å². The molecule has 132 valence electrons. The summed E-state index contributed by atoms with van der Waals surface area (Å²) in [5, 5.41) is 9.13. The topological polar surface area (TPSA) is 39.1 Å². The Morgan fingerprint density at radius 1 is 0.920 bits per heavy atom. The first-order valence-electron chi connectivity index (χ1n) is 8.38. The number of aliphatic hydroxyl groups excluding tert-OH is 1. The molecule has 0 amide bonds. The first-order chi connectivity index (χ1) is 11.8. The number of nitrogens with zero attached hydrogens (tertiary/aromatic N) is 3. The molecule has 4 rings (SSSR count). The monoisotopic (exact) mass is 375 g/mol. The number of aliphatic imine (C=N–C) groups is 1. The van der Waals surface area contributed by atoms with Crippen molar-refractivity contribution in [3.63, 3.8) is 0 Å². The number of benzene rings is 2. The van der Waals surface area contributed by atoms with Crippen LogP contribution in [0.5, 0.6) is 0 Å². The van der Waals surface area contributed by atoms with E-state index in [1.807, 2.05) is 0 Å². The molecule has 1 N–H and O–H groups in total. The second-order valence-corrected chi connectivity index (χ2v) is 7.14. The average Bonchev–Trinajstić information content (AvgIpc) is 2.79. The Balaban J connectivity index is 0.00000182. The second kappa shape index (κ2) is 8.23. The smallest absolute Gasteiger partial charge is 0.137 e. The van der Waals surface area contributed by atoms with Gasteiger partial charge in [0.1, 0.15) is 5.84 Å². The van der Waals surface area contributed by atoms with Crippen LogP contribution < -0.4 is 0 Å². The molecule has 2 aromatic carbocycles. The lowest BCUT2D eigenvalue weighted by atomic mass is 10.1. The Morgan fingerprint density at radius 3 is 2.36 bits per heavy atom. The number of fused-ring (bicyclic) bond motifs is 2. The normalized spacial score (nSPS) is 17.0. The van der Waals surface area contributed by atoms with E-state index in [2.05, 4.69) is 58.3 Å². The van der Waals surface area contributed by atoms with Gasteiger partial charge in [-0.05, 0) is 18.2 Å². The molecule has 0 spiro atoms. The SMILES string of the molecule is Cl.OCCN1CCN(C2=Nc3ccccc3Sc3ccccc32)CC1. The van der Waals surface area contributed by atoms with Crippen LogP contribution in [-0.2, 0) is 0 Å². The van der Waals surface area contributed by atoms with Crippen molar-refractivity contribution in [2.24, 2.45) is 4.99 Å². The van der Waals surface area contributed by atoms with Crippen molar-refractivity contribution in [3.05, 3.63) is 54.1 Å². The summed E-state index contributed by atoms with van der Waals surface area (Å²) in [6.07, 6.45) is 0. The molecule has 4 nitrogen and oxygen atoms in total. The van der Waals surface area contributed by atoms with E-state index in [0.29, 0.717) is 0 Å². The molecular formula is C19H22ClN3OS. The predicted octanol–water partition coefficient (Wildman–Crippen LogP) is 3.26. The zero-order valence-corrected chi connectivity index (χ0v) is 15.6. The van der Waals surface area contributed by atoms with Crippen molar-refractivity contribution in [3.8, 4) is 0 Å². The van der Waals surface area contributed by atoms with Crippen LogP contribution in [0.2, 0.25) is 0 Å². The minimum absolute atomic E-state index is 0. The molecule has 2 aliphatic heterocycles. The molecule has 25 heavy (non-hydrogen) atoms. The lowest BCUT2D eigenvalue weighted by Crippen LogP contribution is -2.49. The van der Waals surface area contributed by atoms with Crippen LogP contribution in [0.4, 0.5) is 5.69 Å². The zero-order valence-electron chi connectivity index (χ0n) is 14.0. The first-order valence-corrected chi connectivity index (χ1v) is 9.20. The van der Waals surface area contributed by atoms with E-state index in [4.69, 9.17) is 10.1 Å². The fourth-order valence-electron chi connectivity index (χ4n) is 3.23. The lowest BCUT2D eigenvalue weighted by Gasteiger charge is -2.36. The number of hydrogen-bond donors (Lipinski definition) is 1. The fourth-order valence-corrected chi connectivity index (χ4v) is 4.25. The van der Waals surface area contributed by atoms with Crippen LogP contribution in [0.3, 0.4) is 0 Å². The second-order valence-electron chi connectivity index (χ2n) is 6.05. The number of para-hydroxylation sites is 1. The molecular weight excluding hydrogens is 354 g/mol. The molecule has 6 heteroatoms. The van der Waals surface area contributed by atoms with Crippen LogP contribution in [0, 0.1) is 0 Å². The standard InChI is InChI=1S/C19H21N3OS.ClH/c23-14-13-21-9-11-22(12-10-21)19-15-5-1-3-7-17(15)24-18-8-4-2-6-16(18)20-19;/h1-8,23H,9-14H2;1H. The van der Waals surface area contributed by atoms with Crippen molar-refractivity contribution in [1.82, 2.24) is 9.80 Å². The number of amidine groups is 1. The van der Waals surface area contributed by atoms with Gasteiger partial charge in [-0.1, -0.05) is 42.1 Å². The van der Waals surface area contributed by atoms with E-state index in [1.165, 1.54) is 15.4 Å². The highest BCUT2D eigenvalue weighted by molar-refractivity contribution is 7.99. The number of halogens is 1. The van der Waals surface area contributed by atoms with Gasteiger partial charge in [0.2, 0.25) is 0 Å². The highest BCUT2D eigenvalue weighted by atomic mass is 35.5. The van der Waals surface area contributed by atoms with E-state index in [-0.39, 0.29) is 19.0 Å². The molecule has 0 atom stereocenters. The van der Waals surface area contributed by atoms with Crippen LogP contribution in [-0.4, -0.2) is 60.1 Å². The van der Waals surface area contributed by atoms with Crippen molar-refractivity contribution in [1.29, 1.82) is 0 Å². The van der Waals surface area contributed by atoms with Gasteiger partial charge in [-0.2, -0.15) is 0 Å². The van der Waals surface area contributed by atoms with Crippen molar-refractivity contribution >= 4 is 35.7 Å². The van der Waals surface area contributed by atoms with Crippen molar-refractivity contribution < 1.29 is 5.11 Å². The minimum Gasteiger partial charge on any atom is -0.395 e. The quantitative estimate of drug-likeness (QED) is 0.874. The van der Waals surface area contributed by atoms with Crippen LogP contribution in [0.1, 0.15) is 5.56 Å². The molecule has 0 aliphatic carbocycles. The molecule has 0 bridgehead atoms. The van der Waals surface area contributed by atoms with E-state index in [9.17, 15) is 0 Å². The predicted molar refractivity (Wildman–Crippen MR) is 106 cm³/mol. The lowest BCUT2D eigenvalue weighted by molar-refractivity contribution is 0.147.